The summed E-state index contributed by atoms with van der Waals surface area (Å²) in [6, 6.07) is 16.4. The summed E-state index contributed by atoms with van der Waals surface area (Å²) in [4.78, 5) is 16.0. The molecular weight excluding hydrogens is 344 g/mol. The maximum absolute atomic E-state index is 12.6. The third kappa shape index (κ3) is 4.80. The monoisotopic (exact) mass is 370 g/mol. The zero-order valence-corrected chi connectivity index (χ0v) is 16.2. The van der Waals surface area contributed by atoms with E-state index >= 15 is 0 Å². The van der Waals surface area contributed by atoms with E-state index in [-0.39, 0.29) is 5.91 Å². The third-order valence-corrected chi connectivity index (χ3v) is 5.81. The van der Waals surface area contributed by atoms with Gasteiger partial charge in [-0.2, -0.15) is 0 Å². The standard InChI is InChI=1S/C21H26N2O2S/c1-16-11-12-23(19-9-5-6-10-20(19)26-16)14-21(24)22-13-17-7-3-4-8-18(17)15-25-2/h3-10,16H,11-15H2,1-2H3,(H,22,24). The lowest BCUT2D eigenvalue weighted by molar-refractivity contribution is -0.119. The van der Waals surface area contributed by atoms with Crippen molar-refractivity contribution in [1.82, 2.24) is 5.32 Å². The summed E-state index contributed by atoms with van der Waals surface area (Å²) in [5, 5.41) is 3.62. The molecule has 2 aromatic carbocycles. The van der Waals surface area contributed by atoms with Gasteiger partial charge in [-0.3, -0.25) is 4.79 Å². The van der Waals surface area contributed by atoms with Crippen LogP contribution in [-0.2, 0) is 22.7 Å². The number of methoxy groups -OCH3 is 1. The summed E-state index contributed by atoms with van der Waals surface area (Å²) >= 11 is 1.89. The molecule has 1 unspecified atom stereocenters. The van der Waals surface area contributed by atoms with E-state index < -0.39 is 0 Å². The van der Waals surface area contributed by atoms with Crippen LogP contribution in [0.2, 0.25) is 0 Å². The van der Waals surface area contributed by atoms with Gasteiger partial charge in [-0.1, -0.05) is 43.3 Å². The van der Waals surface area contributed by atoms with Crippen LogP contribution in [0.4, 0.5) is 5.69 Å². The molecule has 26 heavy (non-hydrogen) atoms. The molecule has 0 fully saturated rings. The lowest BCUT2D eigenvalue weighted by Gasteiger charge is -2.24. The zero-order chi connectivity index (χ0) is 18.4. The van der Waals surface area contributed by atoms with Crippen molar-refractivity contribution >= 4 is 23.4 Å². The Hall–Kier alpha value is -1.98. The number of thioether (sulfide) groups is 1. The van der Waals surface area contributed by atoms with Crippen LogP contribution in [0.3, 0.4) is 0 Å². The molecule has 1 aliphatic heterocycles. The Bertz CT molecular complexity index is 750. The first-order valence-corrected chi connectivity index (χ1v) is 9.88. The molecule has 4 nitrogen and oxygen atoms in total. The predicted octanol–water partition coefficient (Wildman–Crippen LogP) is 3.84. The van der Waals surface area contributed by atoms with E-state index in [1.165, 1.54) is 4.90 Å². The second-order valence-corrected chi connectivity index (χ2v) is 8.07. The van der Waals surface area contributed by atoms with E-state index in [1.54, 1.807) is 7.11 Å². The van der Waals surface area contributed by atoms with Gasteiger partial charge in [0.2, 0.25) is 5.91 Å². The van der Waals surface area contributed by atoms with E-state index in [9.17, 15) is 4.79 Å². The lowest BCUT2D eigenvalue weighted by atomic mass is 10.1. The van der Waals surface area contributed by atoms with E-state index in [0.29, 0.717) is 24.9 Å². The van der Waals surface area contributed by atoms with Gasteiger partial charge >= 0.3 is 0 Å². The highest BCUT2D eigenvalue weighted by molar-refractivity contribution is 8.00. The molecule has 138 valence electrons. The molecule has 1 N–H and O–H groups in total. The largest absolute Gasteiger partial charge is 0.380 e. The van der Waals surface area contributed by atoms with Crippen LogP contribution in [-0.4, -0.2) is 31.4 Å². The van der Waals surface area contributed by atoms with Gasteiger partial charge in [-0.05, 0) is 29.7 Å². The Morgan fingerprint density at radius 2 is 1.92 bits per heavy atom. The number of nitrogens with one attached hydrogen (secondary N) is 1. The normalized spacial score (nSPS) is 16.7. The molecule has 1 heterocycles. The molecule has 0 aliphatic carbocycles. The van der Waals surface area contributed by atoms with Gasteiger partial charge in [0.15, 0.2) is 0 Å². The first-order chi connectivity index (χ1) is 12.7. The lowest BCUT2D eigenvalue weighted by Crippen LogP contribution is -2.37. The van der Waals surface area contributed by atoms with Crippen LogP contribution in [0.1, 0.15) is 24.5 Å². The fourth-order valence-electron chi connectivity index (χ4n) is 3.17. The molecule has 3 rings (SSSR count). The van der Waals surface area contributed by atoms with Crippen LogP contribution < -0.4 is 10.2 Å². The van der Waals surface area contributed by atoms with Gasteiger partial charge in [0, 0.05) is 30.3 Å². The number of hydrogen-bond donors (Lipinski definition) is 1. The number of carbonyl (C=O) groups is 1. The first kappa shape index (κ1) is 18.8. The smallest absolute Gasteiger partial charge is 0.239 e. The molecule has 0 saturated carbocycles. The Morgan fingerprint density at radius 3 is 2.73 bits per heavy atom. The number of anilines is 1. The van der Waals surface area contributed by atoms with Crippen molar-refractivity contribution in [3.05, 3.63) is 59.7 Å². The molecule has 1 amide bonds. The zero-order valence-electron chi connectivity index (χ0n) is 15.4. The van der Waals surface area contributed by atoms with Crippen LogP contribution >= 0.6 is 11.8 Å². The molecular formula is C21H26N2O2S. The molecule has 0 aromatic heterocycles. The second-order valence-electron chi connectivity index (χ2n) is 6.58. The number of rotatable bonds is 6. The number of amides is 1. The van der Waals surface area contributed by atoms with Crippen LogP contribution in [0.25, 0.3) is 0 Å². The highest BCUT2D eigenvalue weighted by atomic mass is 32.2. The SMILES string of the molecule is COCc1ccccc1CNC(=O)CN1CCC(C)Sc2ccccc21. The molecule has 0 bridgehead atoms. The van der Waals surface area contributed by atoms with Crippen molar-refractivity contribution in [2.45, 2.75) is 36.6 Å². The van der Waals surface area contributed by atoms with Gasteiger partial charge < -0.3 is 15.0 Å². The minimum atomic E-state index is 0.0478. The summed E-state index contributed by atoms with van der Waals surface area (Å²) < 4.78 is 5.24. The fraction of sp³-hybridized carbons (Fsp3) is 0.381. The summed E-state index contributed by atoms with van der Waals surface area (Å²) in [5.74, 6) is 0.0478. The van der Waals surface area contributed by atoms with E-state index in [4.69, 9.17) is 4.74 Å². The quantitative estimate of drug-likeness (QED) is 0.839. The van der Waals surface area contributed by atoms with Gasteiger partial charge in [-0.25, -0.2) is 0 Å². The molecule has 5 heteroatoms. The second kappa shape index (κ2) is 9.10. The van der Waals surface area contributed by atoms with Gasteiger partial charge in [0.25, 0.3) is 0 Å². The van der Waals surface area contributed by atoms with E-state index in [2.05, 4.69) is 35.3 Å². The average molecular weight is 371 g/mol. The van der Waals surface area contributed by atoms with Crippen molar-refractivity contribution in [3.8, 4) is 0 Å². The average Bonchev–Trinajstić information content (AvgIpc) is 2.80. The van der Waals surface area contributed by atoms with Crippen molar-refractivity contribution in [2.24, 2.45) is 0 Å². The van der Waals surface area contributed by atoms with Crippen molar-refractivity contribution in [3.63, 3.8) is 0 Å². The van der Waals surface area contributed by atoms with Crippen LogP contribution in [0, 0.1) is 0 Å². The number of para-hydroxylation sites is 1. The minimum Gasteiger partial charge on any atom is -0.380 e. The number of benzene rings is 2. The Morgan fingerprint density at radius 1 is 1.19 bits per heavy atom. The van der Waals surface area contributed by atoms with Gasteiger partial charge in [0.05, 0.1) is 18.8 Å². The molecule has 0 saturated heterocycles. The maximum atomic E-state index is 12.6. The Balaban J connectivity index is 1.63. The topological polar surface area (TPSA) is 41.6 Å². The Labute approximate surface area is 159 Å². The molecule has 2 aromatic rings. The van der Waals surface area contributed by atoms with Gasteiger partial charge in [0.1, 0.15) is 0 Å². The Kier molecular flexibility index (Phi) is 6.58. The van der Waals surface area contributed by atoms with Gasteiger partial charge in [-0.15, -0.1) is 11.8 Å². The summed E-state index contributed by atoms with van der Waals surface area (Å²) in [5.41, 5.74) is 3.38. The van der Waals surface area contributed by atoms with E-state index in [0.717, 1.165) is 29.8 Å². The fourth-order valence-corrected chi connectivity index (χ4v) is 4.30. The highest BCUT2D eigenvalue weighted by Gasteiger charge is 2.21. The molecule has 0 spiro atoms. The van der Waals surface area contributed by atoms with Crippen molar-refractivity contribution in [2.75, 3.05) is 25.1 Å². The first-order valence-electron chi connectivity index (χ1n) is 9.00. The van der Waals surface area contributed by atoms with Crippen molar-refractivity contribution < 1.29 is 9.53 Å². The van der Waals surface area contributed by atoms with Crippen LogP contribution in [0.5, 0.6) is 0 Å². The van der Waals surface area contributed by atoms with Crippen LogP contribution in [0.15, 0.2) is 53.4 Å². The highest BCUT2D eigenvalue weighted by Crippen LogP contribution is 2.36. The maximum Gasteiger partial charge on any atom is 0.239 e. The number of fused-ring (bicyclic) bond motifs is 1. The van der Waals surface area contributed by atoms with E-state index in [1.807, 2.05) is 42.1 Å². The number of nitrogens with zero attached hydrogens (tertiary/aromatic N) is 1. The summed E-state index contributed by atoms with van der Waals surface area (Å²) in [6.45, 7) is 4.62. The summed E-state index contributed by atoms with van der Waals surface area (Å²) in [6.07, 6.45) is 1.07. The minimum absolute atomic E-state index is 0.0478. The summed E-state index contributed by atoms with van der Waals surface area (Å²) in [7, 11) is 1.69. The molecule has 1 atom stereocenters. The third-order valence-electron chi connectivity index (χ3n) is 4.57. The number of ether oxygens (including phenoxy) is 1. The number of hydrogen-bond acceptors (Lipinski definition) is 4. The molecule has 1 aliphatic rings. The molecule has 0 radical (unpaired) electrons. The predicted molar refractivity (Wildman–Crippen MR) is 108 cm³/mol. The number of carbonyl (C=O) groups excluding carboxylic acids is 1. The van der Waals surface area contributed by atoms with Crippen molar-refractivity contribution in [1.29, 1.82) is 0 Å².